The topological polar surface area (TPSA) is 29.3 Å². The molecule has 0 amide bonds. The second-order valence-electron chi connectivity index (χ2n) is 5.40. The number of nitrogens with two attached hydrogens (primary N) is 1. The van der Waals surface area contributed by atoms with E-state index in [0.29, 0.717) is 17.1 Å². The fourth-order valence-electron chi connectivity index (χ4n) is 2.78. The molecular weight excluding hydrogens is 283 g/mol. The molecule has 3 rings (SSSR count). The van der Waals surface area contributed by atoms with Gasteiger partial charge in [0.05, 0.1) is 0 Å². The van der Waals surface area contributed by atoms with Crippen molar-refractivity contribution in [2.24, 2.45) is 5.73 Å². The van der Waals surface area contributed by atoms with E-state index in [9.17, 15) is 4.39 Å². The van der Waals surface area contributed by atoms with Crippen LogP contribution in [-0.2, 0) is 19.5 Å². The van der Waals surface area contributed by atoms with Gasteiger partial charge in [-0.2, -0.15) is 0 Å². The van der Waals surface area contributed by atoms with Gasteiger partial charge in [-0.05, 0) is 35.7 Å². The van der Waals surface area contributed by atoms with Crippen molar-refractivity contribution < 1.29 is 4.39 Å². The molecule has 0 atom stereocenters. The third kappa shape index (κ3) is 3.12. The quantitative estimate of drug-likeness (QED) is 0.884. The van der Waals surface area contributed by atoms with Crippen LogP contribution in [0.3, 0.4) is 0 Å². The maximum atomic E-state index is 14.0. The molecule has 0 fully saturated rings. The Hall–Kier alpha value is -1.78. The number of thiocarbonyl (C=S) groups is 1. The summed E-state index contributed by atoms with van der Waals surface area (Å²) in [6, 6.07) is 13.3. The smallest absolute Gasteiger partial charge is 0.127 e. The Morgan fingerprint density at radius 2 is 1.95 bits per heavy atom. The van der Waals surface area contributed by atoms with Gasteiger partial charge >= 0.3 is 0 Å². The molecule has 2 aromatic rings. The van der Waals surface area contributed by atoms with Crippen LogP contribution in [0.4, 0.5) is 4.39 Å². The highest BCUT2D eigenvalue weighted by Crippen LogP contribution is 2.21. The Bertz CT molecular complexity index is 684. The van der Waals surface area contributed by atoms with E-state index in [1.807, 2.05) is 0 Å². The zero-order valence-corrected chi connectivity index (χ0v) is 12.5. The molecule has 108 valence electrons. The highest BCUT2D eigenvalue weighted by Gasteiger charge is 2.17. The number of fused-ring (bicyclic) bond motifs is 1. The molecule has 0 saturated carbocycles. The summed E-state index contributed by atoms with van der Waals surface area (Å²) in [6.45, 7) is 2.37. The number of hydrogen-bond acceptors (Lipinski definition) is 2. The number of benzene rings is 2. The van der Waals surface area contributed by atoms with Crippen LogP contribution >= 0.6 is 12.2 Å². The van der Waals surface area contributed by atoms with Crippen LogP contribution in [0.25, 0.3) is 0 Å². The van der Waals surface area contributed by atoms with E-state index in [2.05, 4.69) is 29.2 Å². The summed E-state index contributed by atoms with van der Waals surface area (Å²) in [5, 5.41) is 0. The standard InChI is InChI=1S/C17H17FN2S/c18-16-6-5-13(17(19)21)9-15(16)11-20-8-7-12-3-1-2-4-14(12)10-20/h1-6,9H,7-8,10-11H2,(H2,19,21). The first-order chi connectivity index (χ1) is 10.1. The first-order valence-electron chi connectivity index (χ1n) is 7.01. The number of nitrogens with zero attached hydrogens (tertiary/aromatic N) is 1. The predicted octanol–water partition coefficient (Wildman–Crippen LogP) is 3.02. The Morgan fingerprint density at radius 3 is 2.71 bits per heavy atom. The minimum atomic E-state index is -0.200. The summed E-state index contributed by atoms with van der Waals surface area (Å²) in [4.78, 5) is 2.56. The maximum absolute atomic E-state index is 14.0. The molecule has 0 aromatic heterocycles. The second kappa shape index (κ2) is 5.92. The number of rotatable bonds is 3. The first kappa shape index (κ1) is 14.2. The molecule has 2 N–H and O–H groups in total. The lowest BCUT2D eigenvalue weighted by molar-refractivity contribution is 0.242. The van der Waals surface area contributed by atoms with Crippen molar-refractivity contribution in [3.8, 4) is 0 Å². The molecule has 1 heterocycles. The number of halogens is 1. The van der Waals surface area contributed by atoms with Gasteiger partial charge in [0.15, 0.2) is 0 Å². The van der Waals surface area contributed by atoms with Crippen molar-refractivity contribution in [1.29, 1.82) is 0 Å². The Labute approximate surface area is 129 Å². The highest BCUT2D eigenvalue weighted by molar-refractivity contribution is 7.80. The third-order valence-electron chi connectivity index (χ3n) is 3.93. The highest BCUT2D eigenvalue weighted by atomic mass is 32.1. The summed E-state index contributed by atoms with van der Waals surface area (Å²) < 4.78 is 14.0. The van der Waals surface area contributed by atoms with Gasteiger partial charge in [0.25, 0.3) is 0 Å². The predicted molar refractivity (Wildman–Crippen MR) is 86.5 cm³/mol. The van der Waals surface area contributed by atoms with Crippen molar-refractivity contribution in [2.75, 3.05) is 6.54 Å². The molecule has 1 aliphatic rings. The van der Waals surface area contributed by atoms with E-state index in [4.69, 9.17) is 18.0 Å². The molecule has 0 spiro atoms. The molecule has 0 radical (unpaired) electrons. The van der Waals surface area contributed by atoms with Crippen LogP contribution in [0.2, 0.25) is 0 Å². The Kier molecular flexibility index (Phi) is 3.99. The van der Waals surface area contributed by atoms with E-state index in [1.54, 1.807) is 12.1 Å². The van der Waals surface area contributed by atoms with Gasteiger partial charge in [0, 0.05) is 30.8 Å². The minimum absolute atomic E-state index is 0.200. The van der Waals surface area contributed by atoms with Crippen LogP contribution in [0.15, 0.2) is 42.5 Å². The zero-order valence-electron chi connectivity index (χ0n) is 11.7. The SMILES string of the molecule is NC(=S)c1ccc(F)c(CN2CCc3ccccc3C2)c1. The lowest BCUT2D eigenvalue weighted by Crippen LogP contribution is -2.30. The monoisotopic (exact) mass is 300 g/mol. The van der Waals surface area contributed by atoms with Gasteiger partial charge in [-0.15, -0.1) is 0 Å². The van der Waals surface area contributed by atoms with Gasteiger partial charge in [0.1, 0.15) is 10.8 Å². The van der Waals surface area contributed by atoms with Crippen LogP contribution in [0.5, 0.6) is 0 Å². The van der Waals surface area contributed by atoms with Crippen molar-refractivity contribution in [1.82, 2.24) is 4.90 Å². The second-order valence-corrected chi connectivity index (χ2v) is 5.84. The lowest BCUT2D eigenvalue weighted by Gasteiger charge is -2.29. The van der Waals surface area contributed by atoms with E-state index in [-0.39, 0.29) is 5.82 Å². The first-order valence-corrected chi connectivity index (χ1v) is 7.41. The molecule has 2 aromatic carbocycles. The summed E-state index contributed by atoms with van der Waals surface area (Å²) >= 11 is 4.96. The normalized spacial score (nSPS) is 14.7. The van der Waals surface area contributed by atoms with Crippen molar-refractivity contribution >= 4 is 17.2 Å². The van der Waals surface area contributed by atoms with E-state index >= 15 is 0 Å². The fraction of sp³-hybridized carbons (Fsp3) is 0.235. The average molecular weight is 300 g/mol. The van der Waals surface area contributed by atoms with Gasteiger partial charge in [-0.3, -0.25) is 4.90 Å². The van der Waals surface area contributed by atoms with E-state index in [0.717, 1.165) is 25.1 Å². The summed E-state index contributed by atoms with van der Waals surface area (Å²) in [7, 11) is 0. The van der Waals surface area contributed by atoms with Gasteiger partial charge in [0.2, 0.25) is 0 Å². The lowest BCUT2D eigenvalue weighted by atomic mass is 9.99. The van der Waals surface area contributed by atoms with Crippen molar-refractivity contribution in [3.63, 3.8) is 0 Å². The van der Waals surface area contributed by atoms with Gasteiger partial charge in [-0.1, -0.05) is 36.5 Å². The maximum Gasteiger partial charge on any atom is 0.127 e. The molecule has 2 nitrogen and oxygen atoms in total. The largest absolute Gasteiger partial charge is 0.389 e. The molecule has 0 unspecified atom stereocenters. The Balaban J connectivity index is 1.79. The molecule has 21 heavy (non-hydrogen) atoms. The molecule has 0 saturated heterocycles. The average Bonchev–Trinajstić information content (AvgIpc) is 2.49. The van der Waals surface area contributed by atoms with Crippen molar-refractivity contribution in [2.45, 2.75) is 19.5 Å². The zero-order chi connectivity index (χ0) is 14.8. The minimum Gasteiger partial charge on any atom is -0.389 e. The number of hydrogen-bond donors (Lipinski definition) is 1. The molecule has 0 bridgehead atoms. The van der Waals surface area contributed by atoms with Crippen LogP contribution in [-0.4, -0.2) is 16.4 Å². The van der Waals surface area contributed by atoms with Gasteiger partial charge < -0.3 is 5.73 Å². The molecular formula is C17H17FN2S. The Morgan fingerprint density at radius 1 is 1.19 bits per heavy atom. The summed E-state index contributed by atoms with van der Waals surface area (Å²) in [5.74, 6) is -0.200. The molecule has 4 heteroatoms. The van der Waals surface area contributed by atoms with Crippen LogP contribution < -0.4 is 5.73 Å². The summed E-state index contributed by atoms with van der Waals surface area (Å²) in [5.41, 5.74) is 9.72. The van der Waals surface area contributed by atoms with Crippen LogP contribution in [0.1, 0.15) is 22.3 Å². The molecule has 0 aliphatic carbocycles. The summed E-state index contributed by atoms with van der Waals surface area (Å²) in [6.07, 6.45) is 1.01. The van der Waals surface area contributed by atoms with Crippen molar-refractivity contribution in [3.05, 3.63) is 70.5 Å². The third-order valence-corrected chi connectivity index (χ3v) is 4.17. The molecule has 1 aliphatic heterocycles. The van der Waals surface area contributed by atoms with E-state index < -0.39 is 0 Å². The fourth-order valence-corrected chi connectivity index (χ4v) is 2.91. The van der Waals surface area contributed by atoms with E-state index in [1.165, 1.54) is 17.2 Å². The van der Waals surface area contributed by atoms with Crippen LogP contribution in [0, 0.1) is 5.82 Å². The van der Waals surface area contributed by atoms with Gasteiger partial charge in [-0.25, -0.2) is 4.39 Å².